The van der Waals surface area contributed by atoms with E-state index in [1.807, 2.05) is 42.5 Å². The number of nitrogens with one attached hydrogen (secondary N) is 2. The predicted molar refractivity (Wildman–Crippen MR) is 191 cm³/mol. The van der Waals surface area contributed by atoms with Crippen LogP contribution in [0.2, 0.25) is 10.0 Å². The van der Waals surface area contributed by atoms with Gasteiger partial charge in [-0.3, -0.25) is 4.79 Å². The molecule has 49 heavy (non-hydrogen) atoms. The number of aromatic nitrogens is 1. The van der Waals surface area contributed by atoms with Gasteiger partial charge in [0, 0.05) is 30.0 Å². The fourth-order valence-corrected chi connectivity index (χ4v) is 7.19. The van der Waals surface area contributed by atoms with Gasteiger partial charge in [-0.2, -0.15) is 0 Å². The molecule has 260 valence electrons. The van der Waals surface area contributed by atoms with Crippen molar-refractivity contribution < 1.29 is 33.5 Å². The molecule has 3 heterocycles. The quantitative estimate of drug-likeness (QED) is 0.134. The summed E-state index contributed by atoms with van der Waals surface area (Å²) in [6, 6.07) is 18.7. The first-order valence-electron chi connectivity index (χ1n) is 16.2. The van der Waals surface area contributed by atoms with E-state index in [0.29, 0.717) is 63.2 Å². The molecule has 1 aliphatic rings. The maximum atomic E-state index is 13.5. The van der Waals surface area contributed by atoms with Crippen LogP contribution in [-0.4, -0.2) is 64.3 Å². The Labute approximate surface area is 301 Å². The summed E-state index contributed by atoms with van der Waals surface area (Å²) in [4.78, 5) is 33.4. The second-order valence-corrected chi connectivity index (χ2v) is 14.1. The third-order valence-corrected chi connectivity index (χ3v) is 10.5. The molecule has 2 N–H and O–H groups in total. The average Bonchev–Trinajstić information content (AvgIpc) is 3.60. The molecule has 0 bridgehead atoms. The Morgan fingerprint density at radius 1 is 0.959 bits per heavy atom. The van der Waals surface area contributed by atoms with E-state index in [4.69, 9.17) is 42.1 Å². The van der Waals surface area contributed by atoms with Crippen molar-refractivity contribution in [2.24, 2.45) is 5.92 Å². The van der Waals surface area contributed by atoms with Crippen molar-refractivity contribution in [3.8, 4) is 11.5 Å². The van der Waals surface area contributed by atoms with Crippen molar-refractivity contribution in [1.29, 1.82) is 0 Å². The minimum atomic E-state index is -0.722. The fraction of sp³-hybridized carbons (Fsp3) is 0.378. The normalized spacial score (nSPS) is 15.0. The molecule has 0 aliphatic carbocycles. The summed E-state index contributed by atoms with van der Waals surface area (Å²) in [7, 11) is 5.22. The van der Waals surface area contributed by atoms with Crippen LogP contribution in [0.4, 0.5) is 0 Å². The third kappa shape index (κ3) is 9.95. The molecule has 2 aromatic carbocycles. The van der Waals surface area contributed by atoms with Crippen LogP contribution in [0.25, 0.3) is 0 Å². The van der Waals surface area contributed by atoms with Crippen LogP contribution in [0.1, 0.15) is 56.1 Å². The Morgan fingerprint density at radius 3 is 2.37 bits per heavy atom. The number of pyridine rings is 1. The molecule has 0 radical (unpaired) electrons. The van der Waals surface area contributed by atoms with Crippen molar-refractivity contribution in [2.75, 3.05) is 47.5 Å². The molecule has 1 fully saturated rings. The van der Waals surface area contributed by atoms with E-state index in [1.54, 1.807) is 44.8 Å². The van der Waals surface area contributed by atoms with Crippen LogP contribution < -0.4 is 19.8 Å². The van der Waals surface area contributed by atoms with E-state index in [2.05, 4.69) is 22.2 Å². The summed E-state index contributed by atoms with van der Waals surface area (Å²) >= 11 is 14.3. The number of ether oxygens (including phenoxy) is 4. The maximum Gasteiger partial charge on any atom is 0.348 e. The van der Waals surface area contributed by atoms with Gasteiger partial charge in [0.05, 0.1) is 26.7 Å². The highest BCUT2D eigenvalue weighted by Gasteiger charge is 2.26. The lowest BCUT2D eigenvalue weighted by molar-refractivity contribution is -0.377. The highest BCUT2D eigenvalue weighted by atomic mass is 35.5. The van der Waals surface area contributed by atoms with Gasteiger partial charge in [0.2, 0.25) is 0 Å². The van der Waals surface area contributed by atoms with E-state index in [0.717, 1.165) is 36.4 Å². The lowest BCUT2D eigenvalue weighted by Gasteiger charge is -2.29. The Balaban J connectivity index is 1.24. The number of aromatic amines is 1. The smallest absolute Gasteiger partial charge is 0.348 e. The van der Waals surface area contributed by atoms with Crippen LogP contribution in [-0.2, 0) is 27.2 Å². The number of hydrogen-bond acceptors (Lipinski definition) is 9. The molecular weight excluding hydrogens is 685 g/mol. The Bertz CT molecular complexity index is 1680. The van der Waals surface area contributed by atoms with Gasteiger partial charge in [-0.05, 0) is 74.3 Å². The molecule has 1 saturated heterocycles. The second kappa shape index (κ2) is 17.8. The van der Waals surface area contributed by atoms with Gasteiger partial charge in [-0.15, -0.1) is 11.3 Å². The fourth-order valence-electron chi connectivity index (χ4n) is 5.80. The first-order chi connectivity index (χ1) is 23.7. The van der Waals surface area contributed by atoms with Crippen molar-refractivity contribution >= 4 is 46.5 Å². The van der Waals surface area contributed by atoms with Crippen molar-refractivity contribution in [1.82, 2.24) is 10.2 Å². The van der Waals surface area contributed by atoms with Gasteiger partial charge >= 0.3 is 11.9 Å². The number of hydrogen-bond donors (Lipinski definition) is 1. The minimum Gasteiger partial charge on any atom is -0.493 e. The van der Waals surface area contributed by atoms with Gasteiger partial charge in [-0.1, -0.05) is 59.6 Å². The summed E-state index contributed by atoms with van der Waals surface area (Å²) in [6.45, 7) is 3.35. The number of halogens is 2. The topological polar surface area (TPSA) is 100 Å². The number of benzene rings is 2. The number of rotatable bonds is 15. The van der Waals surface area contributed by atoms with E-state index in [1.165, 1.54) is 11.3 Å². The molecule has 12 heteroatoms. The molecule has 0 spiro atoms. The van der Waals surface area contributed by atoms with Crippen LogP contribution in [0, 0.1) is 5.92 Å². The van der Waals surface area contributed by atoms with Gasteiger partial charge in [0.15, 0.2) is 23.9 Å². The van der Waals surface area contributed by atoms with E-state index >= 15 is 0 Å². The molecule has 1 unspecified atom stereocenters. The summed E-state index contributed by atoms with van der Waals surface area (Å²) in [5.41, 5.74) is 2.24. The molecule has 4 aromatic rings. The first kappa shape index (κ1) is 36.6. The average molecular weight is 728 g/mol. The molecular formula is C37H42Cl2N3O6S+. The SMILES string of the molecule is COc1ccc([C@H](Cc2c(Cl)c[nH+]cc2Cl)OC(=O)c2ccc(CNCC(C(=O)OCC3CCN(C)CC3)c3ccccc3)s2)cc1OC. The Kier molecular flexibility index (Phi) is 13.3. The number of piperidine rings is 1. The number of H-pyrrole nitrogens is 1. The number of thiophene rings is 1. The van der Waals surface area contributed by atoms with Gasteiger partial charge in [0.1, 0.15) is 21.0 Å². The van der Waals surface area contributed by atoms with Crippen molar-refractivity contribution in [3.05, 3.63) is 110 Å². The minimum absolute atomic E-state index is 0.231. The predicted octanol–water partition coefficient (Wildman–Crippen LogP) is 6.79. The number of nitrogens with zero attached hydrogens (tertiary/aromatic N) is 1. The third-order valence-electron chi connectivity index (χ3n) is 8.71. The number of carbonyl (C=O) groups excluding carboxylic acids is 2. The molecule has 1 aliphatic heterocycles. The molecule has 0 saturated carbocycles. The summed E-state index contributed by atoms with van der Waals surface area (Å²) in [5.74, 6) is 0.283. The number of carbonyl (C=O) groups is 2. The highest BCUT2D eigenvalue weighted by molar-refractivity contribution is 7.13. The maximum absolute atomic E-state index is 13.5. The second-order valence-electron chi connectivity index (χ2n) is 12.1. The Morgan fingerprint density at radius 2 is 1.67 bits per heavy atom. The van der Waals surface area contributed by atoms with Gasteiger partial charge in [-0.25, -0.2) is 9.78 Å². The van der Waals surface area contributed by atoms with Crippen LogP contribution in [0.5, 0.6) is 11.5 Å². The van der Waals surface area contributed by atoms with E-state index in [9.17, 15) is 9.59 Å². The van der Waals surface area contributed by atoms with E-state index in [-0.39, 0.29) is 12.4 Å². The van der Waals surface area contributed by atoms with Crippen molar-refractivity contribution in [3.63, 3.8) is 0 Å². The molecule has 5 rings (SSSR count). The molecule has 0 amide bonds. The Hall–Kier alpha value is -3.67. The lowest BCUT2D eigenvalue weighted by atomic mass is 9.97. The zero-order chi connectivity index (χ0) is 34.8. The molecule has 2 aromatic heterocycles. The number of methoxy groups -OCH3 is 2. The van der Waals surface area contributed by atoms with Gasteiger partial charge in [0.25, 0.3) is 0 Å². The van der Waals surface area contributed by atoms with Crippen LogP contribution >= 0.6 is 34.5 Å². The summed E-state index contributed by atoms with van der Waals surface area (Å²) in [5, 5.41) is 4.26. The number of likely N-dealkylation sites (tertiary alicyclic amines) is 1. The summed E-state index contributed by atoms with van der Waals surface area (Å²) < 4.78 is 22.8. The zero-order valence-corrected chi connectivity index (χ0v) is 30.2. The monoisotopic (exact) mass is 726 g/mol. The zero-order valence-electron chi connectivity index (χ0n) is 27.9. The van der Waals surface area contributed by atoms with Crippen molar-refractivity contribution in [2.45, 2.75) is 37.8 Å². The molecule has 9 nitrogen and oxygen atoms in total. The molecule has 2 atom stereocenters. The van der Waals surface area contributed by atoms with Crippen LogP contribution in [0.3, 0.4) is 0 Å². The van der Waals surface area contributed by atoms with Crippen LogP contribution in [0.15, 0.2) is 73.1 Å². The van der Waals surface area contributed by atoms with E-state index < -0.39 is 18.0 Å². The highest BCUT2D eigenvalue weighted by Crippen LogP contribution is 2.36. The standard InChI is InChI=1S/C37H41Cl2N3O6S/c1-42-15-13-24(14-16-42)23-47-36(43)29(25-7-5-4-6-8-25)20-40-19-27-10-12-35(49-27)37(44)48-33(18-28-30(38)21-41-22-31(28)39)26-9-11-32(45-2)34(17-26)46-3/h4-12,17,21-22,24,29,33,40H,13-16,18-20,23H2,1-3H3/p+1/t29?,33-/m0/s1. The first-order valence-corrected chi connectivity index (χ1v) is 17.8. The number of esters is 2. The van der Waals surface area contributed by atoms with Gasteiger partial charge < -0.3 is 29.2 Å². The summed E-state index contributed by atoms with van der Waals surface area (Å²) in [6.07, 6.45) is 4.84. The lowest BCUT2D eigenvalue weighted by Crippen LogP contribution is -2.34. The largest absolute Gasteiger partial charge is 0.493 e.